The quantitative estimate of drug-likeness (QED) is 0.446. The maximum Gasteiger partial charge on any atom is 0.224 e. The number of halogens is 1. The zero-order valence-corrected chi connectivity index (χ0v) is 21.8. The Morgan fingerprint density at radius 3 is 2.86 bits per heavy atom. The molecule has 3 aromatic rings. The Labute approximate surface area is 218 Å². The molecule has 5 rings (SSSR count). The number of aromatic nitrogens is 2. The summed E-state index contributed by atoms with van der Waals surface area (Å²) >= 11 is 6.63. The molecule has 1 aromatic heterocycles. The molecule has 2 atom stereocenters. The zero-order chi connectivity index (χ0) is 25.1. The summed E-state index contributed by atoms with van der Waals surface area (Å²) in [6, 6.07) is 12.3. The van der Waals surface area contributed by atoms with Gasteiger partial charge in [0.15, 0.2) is 0 Å². The molecule has 8 heteroatoms. The number of ether oxygens (including phenoxy) is 1. The third-order valence-electron chi connectivity index (χ3n) is 7.12. The summed E-state index contributed by atoms with van der Waals surface area (Å²) in [7, 11) is 4.12. The van der Waals surface area contributed by atoms with Crippen molar-refractivity contribution in [1.82, 2.24) is 14.9 Å². The van der Waals surface area contributed by atoms with E-state index >= 15 is 0 Å². The molecule has 0 amide bonds. The predicted octanol–water partition coefficient (Wildman–Crippen LogP) is 5.21. The van der Waals surface area contributed by atoms with Gasteiger partial charge < -0.3 is 24.7 Å². The molecule has 0 unspecified atom stereocenters. The lowest BCUT2D eigenvalue weighted by Crippen LogP contribution is -2.38. The average Bonchev–Trinajstić information content (AvgIpc) is 2.88. The molecule has 1 fully saturated rings. The number of piperidine rings is 1. The molecule has 1 N–H and O–H groups in total. The summed E-state index contributed by atoms with van der Waals surface area (Å²) < 4.78 is 6.47. The Bertz CT molecular complexity index is 1270. The predicted molar refractivity (Wildman–Crippen MR) is 146 cm³/mol. The van der Waals surface area contributed by atoms with Crippen molar-refractivity contribution in [2.24, 2.45) is 5.92 Å². The molecule has 2 aliphatic rings. The number of anilines is 2. The SMILES string of the molecule is [C-]#[N+]C[C@@H]1CCCN(c2nc(NCCN(C)C)nc3c2CO[C@H](c2cccc4cccc(Cl)c24)C3)C1. The highest BCUT2D eigenvalue weighted by atomic mass is 35.5. The third-order valence-corrected chi connectivity index (χ3v) is 7.44. The lowest BCUT2D eigenvalue weighted by atomic mass is 9.94. The van der Waals surface area contributed by atoms with Gasteiger partial charge in [0.05, 0.1) is 18.4 Å². The van der Waals surface area contributed by atoms with Crippen molar-refractivity contribution < 1.29 is 4.74 Å². The van der Waals surface area contributed by atoms with Crippen molar-refractivity contribution in [3.05, 3.63) is 69.7 Å². The Hall–Kier alpha value is -2.92. The van der Waals surface area contributed by atoms with Crippen LogP contribution in [0.15, 0.2) is 36.4 Å². The Balaban J connectivity index is 1.49. The molecule has 1 saturated heterocycles. The fourth-order valence-corrected chi connectivity index (χ4v) is 5.60. The molecule has 0 aliphatic carbocycles. The van der Waals surface area contributed by atoms with Gasteiger partial charge in [-0.1, -0.05) is 41.9 Å². The minimum absolute atomic E-state index is 0.130. The second kappa shape index (κ2) is 11.0. The van der Waals surface area contributed by atoms with Crippen LogP contribution in [0.4, 0.5) is 11.8 Å². The van der Waals surface area contributed by atoms with Crippen LogP contribution in [0.1, 0.15) is 35.8 Å². The third kappa shape index (κ3) is 5.27. The van der Waals surface area contributed by atoms with Gasteiger partial charge >= 0.3 is 0 Å². The number of fused-ring (bicyclic) bond motifs is 2. The number of hydrogen-bond donors (Lipinski definition) is 1. The monoisotopic (exact) mass is 504 g/mol. The highest BCUT2D eigenvalue weighted by molar-refractivity contribution is 6.35. The average molecular weight is 505 g/mol. The van der Waals surface area contributed by atoms with E-state index in [1.165, 1.54) is 0 Å². The second-order valence-corrected chi connectivity index (χ2v) is 10.4. The first kappa shape index (κ1) is 24.8. The van der Waals surface area contributed by atoms with E-state index in [9.17, 15) is 0 Å². The number of rotatable bonds is 7. The van der Waals surface area contributed by atoms with Crippen LogP contribution in [0, 0.1) is 12.5 Å². The van der Waals surface area contributed by atoms with Crippen molar-refractivity contribution >= 4 is 34.1 Å². The molecular weight excluding hydrogens is 472 g/mol. The highest BCUT2D eigenvalue weighted by Gasteiger charge is 2.31. The minimum atomic E-state index is -0.130. The standard InChI is InChI=1S/C28H33ClN6O/c1-30-16-19-7-6-13-35(17-19)27-22-18-36-25(15-24(22)32-28(33-27)31-12-14-34(2)3)21-10-4-8-20-9-5-11-23(29)26(20)21/h4-5,8-11,19,25H,6-7,12-18H2,2-3H3,(H,31,32,33)/t19-,25-/m0/s1. The number of nitrogens with zero attached hydrogens (tertiary/aromatic N) is 5. The van der Waals surface area contributed by atoms with Crippen LogP contribution >= 0.6 is 11.6 Å². The topological polar surface area (TPSA) is 57.9 Å². The first-order valence-corrected chi connectivity index (χ1v) is 13.1. The van der Waals surface area contributed by atoms with E-state index in [4.69, 9.17) is 32.9 Å². The molecule has 0 bridgehead atoms. The van der Waals surface area contributed by atoms with Gasteiger partial charge in [-0.3, -0.25) is 0 Å². The van der Waals surface area contributed by atoms with Gasteiger partial charge in [0.2, 0.25) is 12.5 Å². The van der Waals surface area contributed by atoms with E-state index in [0.717, 1.165) is 77.5 Å². The van der Waals surface area contributed by atoms with E-state index in [0.29, 0.717) is 31.4 Å². The molecule has 0 spiro atoms. The summed E-state index contributed by atoms with van der Waals surface area (Å²) in [5.41, 5.74) is 3.19. The smallest absolute Gasteiger partial charge is 0.224 e. The normalized spacial score (nSPS) is 19.8. The van der Waals surface area contributed by atoms with Gasteiger partial charge in [0.1, 0.15) is 5.82 Å². The number of likely N-dealkylation sites (N-methyl/N-ethyl adjacent to an activating group) is 1. The van der Waals surface area contributed by atoms with Gasteiger partial charge in [-0.05, 0) is 44.0 Å². The summed E-state index contributed by atoms with van der Waals surface area (Å²) in [4.78, 5) is 18.1. The lowest BCUT2D eigenvalue weighted by Gasteiger charge is -2.35. The highest BCUT2D eigenvalue weighted by Crippen LogP contribution is 2.39. The molecule has 3 heterocycles. The van der Waals surface area contributed by atoms with Crippen LogP contribution < -0.4 is 10.2 Å². The number of nitrogens with one attached hydrogen (secondary N) is 1. The molecule has 2 aromatic carbocycles. The molecule has 36 heavy (non-hydrogen) atoms. The molecular formula is C28H33ClN6O. The van der Waals surface area contributed by atoms with Crippen molar-refractivity contribution in [3.8, 4) is 0 Å². The lowest BCUT2D eigenvalue weighted by molar-refractivity contribution is 0.0270. The molecule has 0 saturated carbocycles. The maximum atomic E-state index is 7.32. The molecule has 7 nitrogen and oxygen atoms in total. The largest absolute Gasteiger partial charge is 0.368 e. The van der Waals surface area contributed by atoms with Crippen LogP contribution in [-0.4, -0.2) is 61.7 Å². The first-order valence-electron chi connectivity index (χ1n) is 12.7. The van der Waals surface area contributed by atoms with Crippen LogP contribution in [-0.2, 0) is 17.8 Å². The number of benzene rings is 2. The van der Waals surface area contributed by atoms with Crippen LogP contribution in [0.2, 0.25) is 5.02 Å². The van der Waals surface area contributed by atoms with E-state index in [2.05, 4.69) is 58.3 Å². The van der Waals surface area contributed by atoms with Gasteiger partial charge in [-0.15, -0.1) is 0 Å². The van der Waals surface area contributed by atoms with Crippen molar-refractivity contribution in [3.63, 3.8) is 0 Å². The van der Waals surface area contributed by atoms with E-state index in [1.807, 2.05) is 12.1 Å². The molecule has 0 radical (unpaired) electrons. The second-order valence-electron chi connectivity index (χ2n) is 10.0. The Morgan fingerprint density at radius 1 is 1.22 bits per heavy atom. The van der Waals surface area contributed by atoms with E-state index < -0.39 is 0 Å². The fraction of sp³-hybridized carbons (Fsp3) is 0.464. The summed E-state index contributed by atoms with van der Waals surface area (Å²) in [6.45, 7) is 11.8. The zero-order valence-electron chi connectivity index (χ0n) is 21.0. The Morgan fingerprint density at radius 2 is 2.06 bits per heavy atom. The van der Waals surface area contributed by atoms with Crippen molar-refractivity contribution in [2.45, 2.75) is 32.0 Å². The summed E-state index contributed by atoms with van der Waals surface area (Å²) in [5.74, 6) is 1.99. The summed E-state index contributed by atoms with van der Waals surface area (Å²) in [5, 5.41) is 6.34. The van der Waals surface area contributed by atoms with Gasteiger partial charge in [-0.2, -0.15) is 4.98 Å². The fourth-order valence-electron chi connectivity index (χ4n) is 5.31. The van der Waals surface area contributed by atoms with E-state index in [-0.39, 0.29) is 6.10 Å². The molecule has 2 aliphatic heterocycles. The minimum Gasteiger partial charge on any atom is -0.368 e. The summed E-state index contributed by atoms with van der Waals surface area (Å²) in [6.07, 6.45) is 2.70. The van der Waals surface area contributed by atoms with Crippen molar-refractivity contribution in [1.29, 1.82) is 0 Å². The number of hydrogen-bond acceptors (Lipinski definition) is 6. The van der Waals surface area contributed by atoms with Gasteiger partial charge in [0.25, 0.3) is 0 Å². The van der Waals surface area contributed by atoms with E-state index in [1.54, 1.807) is 0 Å². The van der Waals surface area contributed by atoms with Gasteiger partial charge in [-0.25, -0.2) is 11.6 Å². The molecule has 188 valence electrons. The Kier molecular flexibility index (Phi) is 7.56. The van der Waals surface area contributed by atoms with Gasteiger partial charge in [0, 0.05) is 54.5 Å². The van der Waals surface area contributed by atoms with Crippen molar-refractivity contribution in [2.75, 3.05) is 57.0 Å². The van der Waals surface area contributed by atoms with Crippen LogP contribution in [0.5, 0.6) is 0 Å². The maximum absolute atomic E-state index is 7.32. The first-order chi connectivity index (χ1) is 17.5. The van der Waals surface area contributed by atoms with Crippen LogP contribution in [0.25, 0.3) is 15.6 Å². The van der Waals surface area contributed by atoms with Crippen LogP contribution in [0.3, 0.4) is 0 Å².